The second kappa shape index (κ2) is 19.7. The van der Waals surface area contributed by atoms with E-state index in [1.807, 2.05) is 0 Å². The van der Waals surface area contributed by atoms with Gasteiger partial charge in [-0.1, -0.05) is 39.5 Å². The molecule has 2 radical (unpaired) electrons. The maximum atomic E-state index is 10.3. The van der Waals surface area contributed by atoms with Gasteiger partial charge in [0.1, 0.15) is 0 Å². The Labute approximate surface area is 157 Å². The molecule has 0 bridgehead atoms. The molecule has 1 unspecified atom stereocenters. The molecule has 2 nitrogen and oxygen atoms in total. The van der Waals surface area contributed by atoms with Crippen LogP contribution in [-0.2, 0) is 4.79 Å². The van der Waals surface area contributed by atoms with Crippen molar-refractivity contribution in [2.75, 3.05) is 0 Å². The van der Waals surface area contributed by atoms with E-state index in [2.05, 4.69) is 33.4 Å². The maximum absolute atomic E-state index is 10.3. The number of hydrogen-bond donors (Lipinski definition) is 1. The second-order valence-electron chi connectivity index (χ2n) is 6.38. The number of aliphatic carboxylic acids is 1. The summed E-state index contributed by atoms with van der Waals surface area (Å²) in [7, 11) is 0. The van der Waals surface area contributed by atoms with Crippen molar-refractivity contribution in [1.29, 1.82) is 0 Å². The average Bonchev–Trinajstić information content (AvgIpc) is 2.47. The molecule has 0 aliphatic heterocycles. The molecular weight excluding hydrogens is 399 g/mol. The Bertz CT molecular complexity index is 229. The molecule has 1 atom stereocenters. The average molecular weight is 435 g/mol. The van der Waals surface area contributed by atoms with Crippen LogP contribution < -0.4 is 5.11 Å². The second-order valence-corrected chi connectivity index (χ2v) is 8.43. The van der Waals surface area contributed by atoms with Crippen LogP contribution in [0.1, 0.15) is 91.4 Å². The third-order valence-electron chi connectivity index (χ3n) is 3.56. The van der Waals surface area contributed by atoms with Crippen molar-refractivity contribution in [2.24, 2.45) is 5.92 Å². The van der Waals surface area contributed by atoms with E-state index in [0.717, 1.165) is 18.8 Å². The summed E-state index contributed by atoms with van der Waals surface area (Å²) in [6, 6.07) is 0. The molecule has 22 heavy (non-hydrogen) atoms. The Kier molecular flexibility index (Phi) is 22.2. The number of rotatable bonds is 13. The van der Waals surface area contributed by atoms with Crippen molar-refractivity contribution in [2.45, 2.75) is 101 Å². The summed E-state index contributed by atoms with van der Waals surface area (Å²) < 4.78 is 1.46. The van der Waals surface area contributed by atoms with Gasteiger partial charge in [-0.25, -0.2) is 0 Å². The fraction of sp³-hybridized carbons (Fsp3) is 0.944. The molecule has 0 spiro atoms. The SMILES string of the molecule is CC(C)CCCCCC(S)C(=O)[O-].CCCCCCC[CH2][Sn+]. The minimum atomic E-state index is -1.05. The van der Waals surface area contributed by atoms with E-state index in [1.165, 1.54) is 55.8 Å². The number of carbonyl (C=O) groups excluding carboxylic acids is 1. The first-order chi connectivity index (χ1) is 10.5. The zero-order chi connectivity index (χ0) is 17.2. The number of carbonyl (C=O) groups is 1. The summed E-state index contributed by atoms with van der Waals surface area (Å²) in [6.07, 6.45) is 13.8. The molecule has 0 saturated carbocycles. The minimum absolute atomic E-state index is 0.584. The summed E-state index contributed by atoms with van der Waals surface area (Å²) in [6.45, 7) is 6.66. The van der Waals surface area contributed by atoms with Crippen molar-refractivity contribution >= 4 is 41.1 Å². The first kappa shape index (κ1) is 24.9. The van der Waals surface area contributed by atoms with Crippen LogP contribution in [0.2, 0.25) is 4.44 Å². The molecule has 0 heterocycles. The van der Waals surface area contributed by atoms with E-state index in [1.54, 1.807) is 22.5 Å². The molecule has 0 saturated heterocycles. The van der Waals surface area contributed by atoms with Gasteiger partial charge < -0.3 is 9.90 Å². The zero-order valence-corrected chi connectivity index (χ0v) is 18.7. The Hall–Kier alpha value is 0.619. The van der Waals surface area contributed by atoms with Crippen LogP contribution in [0.4, 0.5) is 0 Å². The molecule has 0 aromatic rings. The van der Waals surface area contributed by atoms with Gasteiger partial charge >= 0.3 is 72.4 Å². The molecule has 0 aliphatic rings. The van der Waals surface area contributed by atoms with Crippen LogP contribution in [0.25, 0.3) is 0 Å². The van der Waals surface area contributed by atoms with Gasteiger partial charge in [0, 0.05) is 5.25 Å². The van der Waals surface area contributed by atoms with Crippen LogP contribution >= 0.6 is 12.6 Å². The third-order valence-corrected chi connectivity index (χ3v) is 5.04. The van der Waals surface area contributed by atoms with Gasteiger partial charge in [0.2, 0.25) is 0 Å². The van der Waals surface area contributed by atoms with Crippen LogP contribution in [0.5, 0.6) is 0 Å². The molecule has 0 rings (SSSR count). The van der Waals surface area contributed by atoms with Crippen molar-refractivity contribution in [3.05, 3.63) is 0 Å². The topological polar surface area (TPSA) is 40.1 Å². The van der Waals surface area contributed by atoms with Gasteiger partial charge in [-0.15, -0.1) is 0 Å². The quantitative estimate of drug-likeness (QED) is 0.262. The van der Waals surface area contributed by atoms with E-state index in [9.17, 15) is 9.90 Å². The van der Waals surface area contributed by atoms with Crippen molar-refractivity contribution in [3.63, 3.8) is 0 Å². The summed E-state index contributed by atoms with van der Waals surface area (Å²) >= 11 is 5.62. The summed E-state index contributed by atoms with van der Waals surface area (Å²) in [5.41, 5.74) is 0. The standard InChI is InChI=1S/C10H20O2S.C8H17.Sn/c1-8(2)6-4-3-5-7-9(13)10(11)12;1-3-5-7-8-6-4-2;/h8-9,13H,3-7H2,1-2H3,(H,11,12);1,3-8H2,2H3;/q;;+1/p-1. The zero-order valence-electron chi connectivity index (χ0n) is 14.9. The molecule has 0 aromatic heterocycles. The first-order valence-electron chi connectivity index (χ1n) is 8.99. The third kappa shape index (κ3) is 22.9. The van der Waals surface area contributed by atoms with E-state index < -0.39 is 11.2 Å². The van der Waals surface area contributed by atoms with E-state index >= 15 is 0 Å². The summed E-state index contributed by atoms with van der Waals surface area (Å²) in [4.78, 5) is 10.3. The van der Waals surface area contributed by atoms with Crippen molar-refractivity contribution in [3.8, 4) is 0 Å². The normalized spacial score (nSPS) is 11.9. The Morgan fingerprint density at radius 2 is 1.45 bits per heavy atom. The first-order valence-corrected chi connectivity index (χ1v) is 11.5. The Balaban J connectivity index is 0. The Morgan fingerprint density at radius 3 is 1.95 bits per heavy atom. The predicted molar refractivity (Wildman–Crippen MR) is 99.6 cm³/mol. The summed E-state index contributed by atoms with van der Waals surface area (Å²) in [5, 5.41) is 9.70. The van der Waals surface area contributed by atoms with Gasteiger partial charge in [-0.3, -0.25) is 0 Å². The van der Waals surface area contributed by atoms with E-state index in [4.69, 9.17) is 0 Å². The van der Waals surface area contributed by atoms with Gasteiger partial charge in [0.15, 0.2) is 0 Å². The predicted octanol–water partition coefficient (Wildman–Crippen LogP) is 4.57. The number of thiol groups is 1. The molecule has 0 aromatic carbocycles. The molecule has 0 aliphatic carbocycles. The van der Waals surface area contributed by atoms with E-state index in [0.29, 0.717) is 6.42 Å². The van der Waals surface area contributed by atoms with Crippen LogP contribution in [0.3, 0.4) is 0 Å². The van der Waals surface area contributed by atoms with Gasteiger partial charge in [0.25, 0.3) is 0 Å². The fourth-order valence-corrected chi connectivity index (χ4v) is 2.99. The molecular formula is C18H36O2SSn. The van der Waals surface area contributed by atoms with Crippen LogP contribution in [0.15, 0.2) is 0 Å². The van der Waals surface area contributed by atoms with Gasteiger partial charge in [-0.2, -0.15) is 12.6 Å². The Morgan fingerprint density at radius 1 is 0.955 bits per heavy atom. The fourth-order valence-electron chi connectivity index (χ4n) is 2.09. The molecule has 4 heteroatoms. The monoisotopic (exact) mass is 436 g/mol. The van der Waals surface area contributed by atoms with Gasteiger partial charge in [-0.05, 0) is 12.3 Å². The number of hydrogen-bond acceptors (Lipinski definition) is 3. The number of carboxylic acids is 1. The molecule has 0 fully saturated rings. The van der Waals surface area contributed by atoms with Crippen LogP contribution in [-0.4, -0.2) is 33.7 Å². The van der Waals surface area contributed by atoms with E-state index in [-0.39, 0.29) is 0 Å². The molecule has 130 valence electrons. The van der Waals surface area contributed by atoms with Crippen molar-refractivity contribution in [1.82, 2.24) is 0 Å². The van der Waals surface area contributed by atoms with Crippen LogP contribution in [0, 0.1) is 5.92 Å². The van der Waals surface area contributed by atoms with Gasteiger partial charge in [0.05, 0.1) is 5.97 Å². The molecule has 0 N–H and O–H groups in total. The van der Waals surface area contributed by atoms with Crippen molar-refractivity contribution < 1.29 is 9.90 Å². The number of unbranched alkanes of at least 4 members (excludes halogenated alkanes) is 7. The number of carboxylic acid groups (broad SMARTS) is 1. The summed E-state index contributed by atoms with van der Waals surface area (Å²) in [5.74, 6) is -0.305. The molecule has 0 amide bonds.